The van der Waals surface area contributed by atoms with Crippen molar-refractivity contribution >= 4 is 34.6 Å². The van der Waals surface area contributed by atoms with E-state index in [4.69, 9.17) is 11.5 Å². The summed E-state index contributed by atoms with van der Waals surface area (Å²) in [6.45, 7) is 6.46. The van der Waals surface area contributed by atoms with Gasteiger partial charge in [0.1, 0.15) is 23.7 Å². The number of aromatic nitrogens is 14. The second kappa shape index (κ2) is 19.2. The standard InChI is InChI=1S/2C25H26N10/c2*1-32-15-21(14-30-32)19-11-22-24(29-17-31-35(22)16-19)33-7-9-34(10-8-33)25-27-12-20(13-28-25)23(26)18-5-3-2-4-6-18/h2*2-6,11-17,23H,7-10,26H2,1H3/t2*23-/m10/s1. The molecule has 2 aliphatic rings. The molecule has 8 aromatic heterocycles. The van der Waals surface area contributed by atoms with E-state index >= 15 is 0 Å². The van der Waals surface area contributed by atoms with Gasteiger partial charge in [-0.15, -0.1) is 0 Å². The Hall–Kier alpha value is -8.62. The Morgan fingerprint density at radius 3 is 1.13 bits per heavy atom. The van der Waals surface area contributed by atoms with Gasteiger partial charge in [0, 0.05) is 149 Å². The van der Waals surface area contributed by atoms with Crippen LogP contribution in [-0.4, -0.2) is 121 Å². The quantitative estimate of drug-likeness (QED) is 0.192. The lowest BCUT2D eigenvalue weighted by Gasteiger charge is -2.35. The summed E-state index contributed by atoms with van der Waals surface area (Å²) < 4.78 is 7.37. The summed E-state index contributed by atoms with van der Waals surface area (Å²) >= 11 is 0. The highest BCUT2D eigenvalue weighted by Crippen LogP contribution is 2.30. The molecule has 0 bridgehead atoms. The maximum absolute atomic E-state index is 6.39. The first-order chi connectivity index (χ1) is 34.3. The Bertz CT molecular complexity index is 3090. The third kappa shape index (κ3) is 9.07. The predicted octanol–water partition coefficient (Wildman–Crippen LogP) is 4.59. The minimum atomic E-state index is -0.235. The molecule has 70 heavy (non-hydrogen) atoms. The zero-order valence-electron chi connectivity index (χ0n) is 38.9. The number of fused-ring (bicyclic) bond motifs is 2. The van der Waals surface area contributed by atoms with Gasteiger partial charge >= 0.3 is 0 Å². The lowest BCUT2D eigenvalue weighted by molar-refractivity contribution is 0.632. The largest absolute Gasteiger partial charge is 0.351 e. The number of hydrogen-bond acceptors (Lipinski definition) is 16. The van der Waals surface area contributed by atoms with Crippen LogP contribution in [0.2, 0.25) is 0 Å². The summed E-state index contributed by atoms with van der Waals surface area (Å²) in [6, 6.07) is 23.8. The smallest absolute Gasteiger partial charge is 0.225 e. The number of piperazine rings is 2. The highest BCUT2D eigenvalue weighted by molar-refractivity contribution is 5.78. The van der Waals surface area contributed by atoms with E-state index < -0.39 is 0 Å². The molecule has 4 N–H and O–H groups in total. The third-order valence-electron chi connectivity index (χ3n) is 12.9. The van der Waals surface area contributed by atoms with Crippen LogP contribution in [0, 0.1) is 0 Å². The first-order valence-electron chi connectivity index (χ1n) is 23.2. The zero-order valence-corrected chi connectivity index (χ0v) is 38.9. The van der Waals surface area contributed by atoms with Crippen molar-refractivity contribution in [3.05, 3.63) is 170 Å². The monoisotopic (exact) mass is 932 g/mol. The molecule has 2 saturated heterocycles. The van der Waals surface area contributed by atoms with Crippen LogP contribution >= 0.6 is 0 Å². The van der Waals surface area contributed by atoms with Crippen molar-refractivity contribution in [3.8, 4) is 22.3 Å². The van der Waals surface area contributed by atoms with E-state index in [0.29, 0.717) is 0 Å². The Labute approximate surface area is 403 Å². The van der Waals surface area contributed by atoms with E-state index in [1.54, 1.807) is 22.0 Å². The Kier molecular flexibility index (Phi) is 12.0. The van der Waals surface area contributed by atoms with Crippen molar-refractivity contribution in [3.63, 3.8) is 0 Å². The molecule has 12 rings (SSSR count). The lowest BCUT2D eigenvalue weighted by Crippen LogP contribution is -2.47. The van der Waals surface area contributed by atoms with Gasteiger partial charge in [0.05, 0.1) is 24.5 Å². The van der Waals surface area contributed by atoms with Gasteiger partial charge in [0.2, 0.25) is 11.9 Å². The van der Waals surface area contributed by atoms with Crippen molar-refractivity contribution in [1.82, 2.24) is 68.7 Å². The number of nitrogens with two attached hydrogens (primary N) is 2. The molecule has 352 valence electrons. The van der Waals surface area contributed by atoms with Crippen LogP contribution in [0.5, 0.6) is 0 Å². The fourth-order valence-corrected chi connectivity index (χ4v) is 9.03. The highest BCUT2D eigenvalue weighted by atomic mass is 15.4. The SMILES string of the molecule is Cn1cc(-c2cc3c(N4CCN(c5ncc([C@@H](N)c6ccccc6)cn5)CC4)ncnn3c2)cn1.Cn1cc(-c2cc3c(N4CCN(c5ncc([C@H](N)c6ccccc6)cn5)CC4)ncnn3c2)cn1. The third-order valence-corrected chi connectivity index (χ3v) is 12.9. The first kappa shape index (κ1) is 43.9. The van der Waals surface area contributed by atoms with Gasteiger partial charge in [-0.3, -0.25) is 9.36 Å². The van der Waals surface area contributed by atoms with E-state index in [-0.39, 0.29) is 12.1 Å². The van der Waals surface area contributed by atoms with Crippen LogP contribution in [0.15, 0.2) is 147 Å². The van der Waals surface area contributed by atoms with Gasteiger partial charge in [-0.2, -0.15) is 20.4 Å². The van der Waals surface area contributed by atoms with Crippen molar-refractivity contribution in [1.29, 1.82) is 0 Å². The van der Waals surface area contributed by atoms with Crippen molar-refractivity contribution in [2.75, 3.05) is 72.0 Å². The molecule has 0 radical (unpaired) electrons. The Morgan fingerprint density at radius 2 is 0.771 bits per heavy atom. The van der Waals surface area contributed by atoms with Crippen LogP contribution in [0.1, 0.15) is 34.3 Å². The van der Waals surface area contributed by atoms with Gasteiger partial charge in [0.15, 0.2) is 11.6 Å². The number of nitrogens with zero attached hydrogens (tertiary/aromatic N) is 18. The van der Waals surface area contributed by atoms with Crippen LogP contribution < -0.4 is 31.1 Å². The van der Waals surface area contributed by atoms with E-state index in [1.807, 2.05) is 146 Å². The molecule has 10 heterocycles. The highest BCUT2D eigenvalue weighted by Gasteiger charge is 2.25. The second-order valence-electron chi connectivity index (χ2n) is 17.4. The summed E-state index contributed by atoms with van der Waals surface area (Å²) in [5.74, 6) is 3.31. The molecule has 10 aromatic rings. The van der Waals surface area contributed by atoms with Crippen LogP contribution in [0.4, 0.5) is 23.5 Å². The van der Waals surface area contributed by atoms with E-state index in [1.165, 1.54) is 0 Å². The maximum atomic E-state index is 6.39. The van der Waals surface area contributed by atoms with E-state index in [0.717, 1.165) is 131 Å². The lowest BCUT2D eigenvalue weighted by atomic mass is 10.0. The minimum Gasteiger partial charge on any atom is -0.351 e. The molecular weight excluding hydrogens is 881 g/mol. The normalized spacial score (nSPS) is 15.0. The second-order valence-corrected chi connectivity index (χ2v) is 17.4. The molecule has 0 saturated carbocycles. The fourth-order valence-electron chi connectivity index (χ4n) is 9.03. The summed E-state index contributed by atoms with van der Waals surface area (Å²) in [4.78, 5) is 36.7. The molecule has 0 unspecified atom stereocenters. The molecule has 2 aliphatic heterocycles. The van der Waals surface area contributed by atoms with Gasteiger partial charge in [-0.25, -0.2) is 38.9 Å². The Balaban J connectivity index is 0.000000152. The predicted molar refractivity (Wildman–Crippen MR) is 268 cm³/mol. The van der Waals surface area contributed by atoms with Crippen LogP contribution in [0.3, 0.4) is 0 Å². The summed E-state index contributed by atoms with van der Waals surface area (Å²) in [6.07, 6.45) is 22.3. The Morgan fingerprint density at radius 1 is 0.400 bits per heavy atom. The first-order valence-corrected chi connectivity index (χ1v) is 23.2. The molecule has 0 aliphatic carbocycles. The molecule has 20 heteroatoms. The van der Waals surface area contributed by atoms with Gasteiger partial charge < -0.3 is 31.1 Å². The maximum Gasteiger partial charge on any atom is 0.225 e. The molecular formula is C50H52N20. The molecule has 20 nitrogen and oxygen atoms in total. The molecule has 0 spiro atoms. The van der Waals surface area contributed by atoms with Gasteiger partial charge in [0.25, 0.3) is 0 Å². The summed E-state index contributed by atoms with van der Waals surface area (Å²) in [5.41, 5.74) is 22.9. The van der Waals surface area contributed by atoms with Crippen LogP contribution in [-0.2, 0) is 14.1 Å². The van der Waals surface area contributed by atoms with E-state index in [2.05, 4.69) is 82.0 Å². The van der Waals surface area contributed by atoms with Crippen molar-refractivity contribution in [2.45, 2.75) is 12.1 Å². The number of hydrogen-bond donors (Lipinski definition) is 2. The number of anilines is 4. The van der Waals surface area contributed by atoms with Gasteiger partial charge in [-0.05, 0) is 23.3 Å². The van der Waals surface area contributed by atoms with E-state index in [9.17, 15) is 0 Å². The molecule has 0 amide bonds. The number of aryl methyl sites for hydroxylation is 2. The average molecular weight is 933 g/mol. The summed E-state index contributed by atoms with van der Waals surface area (Å²) in [7, 11) is 3.83. The van der Waals surface area contributed by atoms with Crippen molar-refractivity contribution in [2.24, 2.45) is 25.6 Å². The zero-order chi connectivity index (χ0) is 47.6. The fraction of sp³-hybridized carbons (Fsp3) is 0.240. The average Bonchev–Trinajstić information content (AvgIpc) is 4.26. The van der Waals surface area contributed by atoms with Gasteiger partial charge in [-0.1, -0.05) is 60.7 Å². The molecule has 2 fully saturated rings. The van der Waals surface area contributed by atoms with Crippen molar-refractivity contribution < 1.29 is 0 Å². The topological polar surface area (TPSA) is 213 Å². The molecule has 2 aromatic carbocycles. The number of rotatable bonds is 10. The summed E-state index contributed by atoms with van der Waals surface area (Å²) in [5, 5.41) is 17.4. The minimum absolute atomic E-state index is 0.235. The molecule has 2 atom stereocenters. The van der Waals surface area contributed by atoms with Crippen LogP contribution in [0.25, 0.3) is 33.3 Å². The number of benzene rings is 2.